The van der Waals surface area contributed by atoms with Gasteiger partial charge in [-0.05, 0) is 36.8 Å². The van der Waals surface area contributed by atoms with Gasteiger partial charge in [-0.1, -0.05) is 66.7 Å². The minimum atomic E-state index is -0.0174. The molecule has 1 unspecified atom stereocenters. The number of nitrogens with zero attached hydrogens (tertiary/aromatic N) is 3. The molecule has 0 spiro atoms. The molecule has 5 nitrogen and oxygen atoms in total. The first-order valence-corrected chi connectivity index (χ1v) is 11.1. The number of nitrogens with one attached hydrogen (secondary N) is 1. The monoisotopic (exact) mass is 429 g/mol. The summed E-state index contributed by atoms with van der Waals surface area (Å²) in [6, 6.07) is 31.1. The van der Waals surface area contributed by atoms with Crippen LogP contribution in [0.15, 0.2) is 97.2 Å². The average Bonchev–Trinajstić information content (AvgIpc) is 3.19. The molecular weight excluding hydrogens is 406 g/mol. The molecule has 3 aromatic carbocycles. The van der Waals surface area contributed by atoms with Crippen LogP contribution in [0.3, 0.4) is 0 Å². The molecule has 0 fully saturated rings. The van der Waals surface area contributed by atoms with E-state index in [0.717, 1.165) is 56.7 Å². The van der Waals surface area contributed by atoms with Crippen LogP contribution in [0.25, 0.3) is 39.6 Å². The molecule has 0 bridgehead atoms. The topological polar surface area (TPSA) is 68.8 Å². The Morgan fingerprint density at radius 3 is 2.36 bits per heavy atom. The van der Waals surface area contributed by atoms with E-state index in [1.165, 1.54) is 0 Å². The van der Waals surface area contributed by atoms with E-state index in [1.807, 2.05) is 49.5 Å². The molecule has 160 valence electrons. The SMILES string of the molecule is CC(N)c1ccc(-c2c(-c3ccccc3)nc3n2-c2cccnc2Nc2ccccc2-3)cc1. The van der Waals surface area contributed by atoms with Gasteiger partial charge in [0.1, 0.15) is 5.82 Å². The Morgan fingerprint density at radius 1 is 0.818 bits per heavy atom. The van der Waals surface area contributed by atoms with Crippen LogP contribution >= 0.6 is 0 Å². The Balaban J connectivity index is 1.72. The summed E-state index contributed by atoms with van der Waals surface area (Å²) < 4.78 is 2.23. The van der Waals surface area contributed by atoms with Crippen molar-refractivity contribution in [2.45, 2.75) is 13.0 Å². The molecule has 0 amide bonds. The molecule has 1 aliphatic heterocycles. The van der Waals surface area contributed by atoms with Crippen molar-refractivity contribution in [3.8, 4) is 39.6 Å². The highest BCUT2D eigenvalue weighted by Crippen LogP contribution is 2.44. The van der Waals surface area contributed by atoms with E-state index in [1.54, 1.807) is 0 Å². The fourth-order valence-corrected chi connectivity index (χ4v) is 4.43. The van der Waals surface area contributed by atoms with E-state index in [4.69, 9.17) is 10.7 Å². The highest BCUT2D eigenvalue weighted by molar-refractivity contribution is 5.90. The number of imidazole rings is 1. The normalized spacial score (nSPS) is 12.7. The van der Waals surface area contributed by atoms with E-state index in [2.05, 4.69) is 69.5 Å². The van der Waals surface area contributed by atoms with Crippen molar-refractivity contribution in [2.75, 3.05) is 5.32 Å². The maximum atomic E-state index is 6.12. The van der Waals surface area contributed by atoms with Crippen molar-refractivity contribution in [2.24, 2.45) is 5.73 Å². The summed E-state index contributed by atoms with van der Waals surface area (Å²) in [6.45, 7) is 2.00. The van der Waals surface area contributed by atoms with Crippen molar-refractivity contribution in [3.05, 3.63) is 103 Å². The van der Waals surface area contributed by atoms with Gasteiger partial charge in [-0.2, -0.15) is 0 Å². The standard InChI is InChI=1S/C28H23N5/c1-18(29)19-13-15-21(16-14-19)26-25(20-8-3-2-4-9-20)32-28-22-10-5-6-11-23(22)31-27-24(33(26)28)12-7-17-30-27/h2-18H,29H2,1H3,(H,30,31). The quantitative estimate of drug-likeness (QED) is 0.344. The fourth-order valence-electron chi connectivity index (χ4n) is 4.43. The molecule has 33 heavy (non-hydrogen) atoms. The Morgan fingerprint density at radius 2 is 1.58 bits per heavy atom. The van der Waals surface area contributed by atoms with Crippen LogP contribution in [0, 0.1) is 0 Å². The van der Waals surface area contributed by atoms with E-state index >= 15 is 0 Å². The van der Waals surface area contributed by atoms with E-state index in [9.17, 15) is 0 Å². The van der Waals surface area contributed by atoms with Gasteiger partial charge in [-0.15, -0.1) is 0 Å². The van der Waals surface area contributed by atoms with Gasteiger partial charge in [-0.3, -0.25) is 4.57 Å². The third-order valence-electron chi connectivity index (χ3n) is 6.08. The molecule has 6 rings (SSSR count). The fraction of sp³-hybridized carbons (Fsp3) is 0.0714. The Kier molecular flexibility index (Phi) is 4.56. The molecule has 0 saturated heterocycles. The summed E-state index contributed by atoms with van der Waals surface area (Å²) in [7, 11) is 0. The average molecular weight is 430 g/mol. The van der Waals surface area contributed by atoms with Crippen molar-refractivity contribution >= 4 is 11.5 Å². The van der Waals surface area contributed by atoms with Gasteiger partial charge >= 0.3 is 0 Å². The lowest BCUT2D eigenvalue weighted by Gasteiger charge is -2.14. The number of benzene rings is 3. The summed E-state index contributed by atoms with van der Waals surface area (Å²) in [5.41, 5.74) is 14.3. The summed E-state index contributed by atoms with van der Waals surface area (Å²) in [6.07, 6.45) is 1.81. The largest absolute Gasteiger partial charge is 0.338 e. The highest BCUT2D eigenvalue weighted by Gasteiger charge is 2.27. The maximum absolute atomic E-state index is 6.12. The molecule has 1 atom stereocenters. The summed E-state index contributed by atoms with van der Waals surface area (Å²) in [5, 5.41) is 3.51. The molecule has 3 heterocycles. The first-order chi connectivity index (χ1) is 16.2. The first kappa shape index (κ1) is 19.5. The van der Waals surface area contributed by atoms with Gasteiger partial charge in [0.05, 0.1) is 22.8 Å². The number of rotatable bonds is 3. The number of para-hydroxylation sites is 1. The lowest BCUT2D eigenvalue weighted by Crippen LogP contribution is -2.05. The second-order valence-corrected chi connectivity index (χ2v) is 8.29. The molecule has 0 aliphatic carbocycles. The predicted octanol–water partition coefficient (Wildman–Crippen LogP) is 6.35. The zero-order valence-corrected chi connectivity index (χ0v) is 18.2. The molecule has 1 aliphatic rings. The zero-order valence-electron chi connectivity index (χ0n) is 18.2. The minimum absolute atomic E-state index is 0.0174. The van der Waals surface area contributed by atoms with E-state index in [-0.39, 0.29) is 6.04 Å². The van der Waals surface area contributed by atoms with Crippen LogP contribution < -0.4 is 11.1 Å². The third-order valence-corrected chi connectivity index (χ3v) is 6.08. The molecule has 2 aromatic heterocycles. The van der Waals surface area contributed by atoms with Crippen molar-refractivity contribution in [3.63, 3.8) is 0 Å². The number of anilines is 2. The second-order valence-electron chi connectivity index (χ2n) is 8.29. The number of hydrogen-bond donors (Lipinski definition) is 2. The van der Waals surface area contributed by atoms with Crippen molar-refractivity contribution in [1.82, 2.24) is 14.5 Å². The van der Waals surface area contributed by atoms with Gasteiger partial charge in [-0.25, -0.2) is 9.97 Å². The predicted molar refractivity (Wildman–Crippen MR) is 134 cm³/mol. The number of aromatic nitrogens is 3. The number of nitrogens with two attached hydrogens (primary N) is 1. The van der Waals surface area contributed by atoms with Crippen LogP contribution in [0.4, 0.5) is 11.5 Å². The van der Waals surface area contributed by atoms with Crippen LogP contribution in [0.1, 0.15) is 18.5 Å². The minimum Gasteiger partial charge on any atom is -0.338 e. The van der Waals surface area contributed by atoms with Crippen molar-refractivity contribution in [1.29, 1.82) is 0 Å². The van der Waals surface area contributed by atoms with Gasteiger partial charge in [0.15, 0.2) is 5.82 Å². The Bertz CT molecular complexity index is 1450. The third kappa shape index (κ3) is 3.22. The van der Waals surface area contributed by atoms with Gasteiger partial charge in [0.25, 0.3) is 0 Å². The Hall–Kier alpha value is -4.22. The van der Waals surface area contributed by atoms with Crippen LogP contribution in [0.5, 0.6) is 0 Å². The lowest BCUT2D eigenvalue weighted by atomic mass is 10.0. The zero-order chi connectivity index (χ0) is 22.4. The Labute approximate surface area is 192 Å². The van der Waals surface area contributed by atoms with Gasteiger partial charge in [0.2, 0.25) is 0 Å². The maximum Gasteiger partial charge on any atom is 0.154 e. The van der Waals surface area contributed by atoms with E-state index in [0.29, 0.717) is 0 Å². The number of fused-ring (bicyclic) bond motifs is 5. The van der Waals surface area contributed by atoms with Crippen molar-refractivity contribution < 1.29 is 0 Å². The van der Waals surface area contributed by atoms with Crippen LogP contribution in [-0.4, -0.2) is 14.5 Å². The number of hydrogen-bond acceptors (Lipinski definition) is 4. The van der Waals surface area contributed by atoms with Gasteiger partial charge < -0.3 is 11.1 Å². The van der Waals surface area contributed by atoms with E-state index < -0.39 is 0 Å². The second kappa shape index (κ2) is 7.73. The molecule has 5 aromatic rings. The molecule has 0 saturated carbocycles. The van der Waals surface area contributed by atoms with Gasteiger partial charge in [0, 0.05) is 28.9 Å². The lowest BCUT2D eigenvalue weighted by molar-refractivity contribution is 0.818. The highest BCUT2D eigenvalue weighted by atomic mass is 15.2. The molecule has 5 heteroatoms. The molecule has 3 N–H and O–H groups in total. The van der Waals surface area contributed by atoms with Crippen LogP contribution in [0.2, 0.25) is 0 Å². The van der Waals surface area contributed by atoms with Crippen LogP contribution in [-0.2, 0) is 0 Å². The summed E-state index contributed by atoms with van der Waals surface area (Å²) >= 11 is 0. The number of pyridine rings is 1. The molecule has 0 radical (unpaired) electrons. The summed E-state index contributed by atoms with van der Waals surface area (Å²) in [5.74, 6) is 1.68. The smallest absolute Gasteiger partial charge is 0.154 e. The first-order valence-electron chi connectivity index (χ1n) is 11.1. The summed E-state index contributed by atoms with van der Waals surface area (Å²) in [4.78, 5) is 9.88. The molecular formula is C28H23N5.